The van der Waals surface area contributed by atoms with Crippen molar-refractivity contribution in [3.8, 4) is 0 Å². The van der Waals surface area contributed by atoms with Crippen LogP contribution in [0.3, 0.4) is 0 Å². The van der Waals surface area contributed by atoms with Gasteiger partial charge in [0.2, 0.25) is 0 Å². The molecule has 2 nitrogen and oxygen atoms in total. The molecule has 2 aromatic rings. The summed E-state index contributed by atoms with van der Waals surface area (Å²) in [7, 11) is 0. The van der Waals surface area contributed by atoms with Crippen molar-refractivity contribution >= 4 is 22.6 Å². The number of nitrogens with zero attached hydrogens (tertiary/aromatic N) is 2. The highest BCUT2D eigenvalue weighted by Crippen LogP contribution is 2.36. The maximum atomic E-state index is 5.24. The van der Waals surface area contributed by atoms with Crippen LogP contribution in [0.25, 0.3) is 0 Å². The highest BCUT2D eigenvalue weighted by molar-refractivity contribution is 8.13. The van der Waals surface area contributed by atoms with Gasteiger partial charge in [0.1, 0.15) is 0 Å². The lowest BCUT2D eigenvalue weighted by molar-refractivity contribution is 0.475. The summed E-state index contributed by atoms with van der Waals surface area (Å²) in [6.07, 6.45) is 0. The van der Waals surface area contributed by atoms with Gasteiger partial charge >= 0.3 is 0 Å². The number of rotatable bonds is 6. The second-order valence-electron chi connectivity index (χ2n) is 7.08. The summed E-state index contributed by atoms with van der Waals surface area (Å²) < 4.78 is 0. The Bertz CT molecular complexity index is 690. The molecule has 0 heterocycles. The van der Waals surface area contributed by atoms with Gasteiger partial charge in [-0.15, -0.1) is 0 Å². The van der Waals surface area contributed by atoms with Crippen molar-refractivity contribution in [1.29, 1.82) is 0 Å². The van der Waals surface area contributed by atoms with Crippen molar-refractivity contribution in [1.82, 2.24) is 4.90 Å². The van der Waals surface area contributed by atoms with Crippen molar-refractivity contribution in [3.63, 3.8) is 0 Å². The summed E-state index contributed by atoms with van der Waals surface area (Å²) in [6.45, 7) is 15.3. The molecule has 3 heteroatoms. The monoisotopic (exact) mass is 368 g/mol. The summed E-state index contributed by atoms with van der Waals surface area (Å²) in [5, 5.41) is 1.08. The molecule has 0 unspecified atom stereocenters. The summed E-state index contributed by atoms with van der Waals surface area (Å²) >= 11 is 1.76. The van der Waals surface area contributed by atoms with Gasteiger partial charge in [-0.25, -0.2) is 4.99 Å². The average Bonchev–Trinajstić information content (AvgIpc) is 2.63. The fourth-order valence-electron chi connectivity index (χ4n) is 2.98. The van der Waals surface area contributed by atoms with Gasteiger partial charge in [-0.2, -0.15) is 0 Å². The molecule has 0 aromatic heterocycles. The average molecular weight is 369 g/mol. The van der Waals surface area contributed by atoms with Crippen LogP contribution in [0.15, 0.2) is 58.4 Å². The lowest BCUT2D eigenvalue weighted by Gasteiger charge is -2.24. The van der Waals surface area contributed by atoms with Gasteiger partial charge < -0.3 is 4.90 Å². The Kier molecular flexibility index (Phi) is 7.77. The third-order valence-corrected chi connectivity index (χ3v) is 5.58. The molecular formula is C23H32N2S. The van der Waals surface area contributed by atoms with Crippen LogP contribution in [0, 0.1) is 0 Å². The Morgan fingerprint density at radius 2 is 1.38 bits per heavy atom. The number of hydrogen-bond acceptors (Lipinski definition) is 2. The molecule has 0 N–H and O–H groups in total. The van der Waals surface area contributed by atoms with Crippen molar-refractivity contribution in [2.75, 3.05) is 13.1 Å². The first-order valence-corrected chi connectivity index (χ1v) is 10.5. The first kappa shape index (κ1) is 20.6. The van der Waals surface area contributed by atoms with E-state index in [4.69, 9.17) is 4.99 Å². The van der Waals surface area contributed by atoms with E-state index in [1.54, 1.807) is 11.8 Å². The van der Waals surface area contributed by atoms with Crippen molar-refractivity contribution in [2.45, 2.75) is 58.3 Å². The molecule has 140 valence electrons. The van der Waals surface area contributed by atoms with E-state index in [1.165, 1.54) is 16.0 Å². The Morgan fingerprint density at radius 3 is 1.85 bits per heavy atom. The molecule has 0 saturated carbocycles. The van der Waals surface area contributed by atoms with Gasteiger partial charge in [0.25, 0.3) is 0 Å². The van der Waals surface area contributed by atoms with Gasteiger partial charge in [-0.3, -0.25) is 0 Å². The van der Waals surface area contributed by atoms with Crippen molar-refractivity contribution in [2.24, 2.45) is 4.99 Å². The Morgan fingerprint density at radius 1 is 0.846 bits per heavy atom. The summed E-state index contributed by atoms with van der Waals surface area (Å²) in [4.78, 5) is 8.82. The maximum absolute atomic E-state index is 5.24. The van der Waals surface area contributed by atoms with Gasteiger partial charge in [0.05, 0.1) is 5.69 Å². The minimum atomic E-state index is 0.451. The lowest BCUT2D eigenvalue weighted by atomic mass is 9.93. The zero-order valence-corrected chi connectivity index (χ0v) is 17.8. The van der Waals surface area contributed by atoms with Crippen molar-refractivity contribution < 1.29 is 0 Å². The summed E-state index contributed by atoms with van der Waals surface area (Å²) in [5.41, 5.74) is 3.81. The SMILES string of the molecule is CCN(CC)C(=Nc1c(C(C)C)cccc1C(C)C)Sc1ccccc1. The number of thioether (sulfide) groups is 1. The van der Waals surface area contributed by atoms with Crippen LogP contribution in [0.4, 0.5) is 5.69 Å². The summed E-state index contributed by atoms with van der Waals surface area (Å²) in [6, 6.07) is 17.2. The zero-order chi connectivity index (χ0) is 19.1. The van der Waals surface area contributed by atoms with E-state index in [0.717, 1.165) is 23.9 Å². The van der Waals surface area contributed by atoms with E-state index in [9.17, 15) is 0 Å². The smallest absolute Gasteiger partial charge is 0.169 e. The molecule has 0 atom stereocenters. The standard InChI is InChI=1S/C23H32N2S/c1-7-25(8-2)23(26-19-13-10-9-11-14-19)24-22-20(17(3)4)15-12-16-21(22)18(5)6/h9-18H,7-8H2,1-6H3. The maximum Gasteiger partial charge on any atom is 0.169 e. The highest BCUT2D eigenvalue weighted by Gasteiger charge is 2.17. The van der Waals surface area contributed by atoms with Gasteiger partial charge in [-0.1, -0.05) is 75.9 Å². The van der Waals surface area contributed by atoms with Crippen molar-refractivity contribution in [3.05, 3.63) is 59.7 Å². The molecule has 0 amide bonds. The molecule has 0 spiro atoms. The molecule has 2 rings (SSSR count). The van der Waals surface area contributed by atoms with Gasteiger partial charge in [0.15, 0.2) is 5.17 Å². The number of amidine groups is 1. The quantitative estimate of drug-likeness (QED) is 0.308. The number of para-hydroxylation sites is 1. The van der Waals surface area contributed by atoms with E-state index < -0.39 is 0 Å². The Hall–Kier alpha value is -1.74. The zero-order valence-electron chi connectivity index (χ0n) is 17.0. The second-order valence-corrected chi connectivity index (χ2v) is 8.12. The van der Waals surface area contributed by atoms with Gasteiger partial charge in [-0.05, 0) is 48.9 Å². The van der Waals surface area contributed by atoms with Crippen LogP contribution in [0.2, 0.25) is 0 Å². The molecule has 0 aliphatic heterocycles. The third kappa shape index (κ3) is 5.14. The lowest BCUT2D eigenvalue weighted by Crippen LogP contribution is -2.28. The Labute approximate surface area is 163 Å². The predicted molar refractivity (Wildman–Crippen MR) is 117 cm³/mol. The molecule has 0 bridgehead atoms. The molecular weight excluding hydrogens is 336 g/mol. The van der Waals surface area contributed by atoms with Crippen LogP contribution in [0.5, 0.6) is 0 Å². The molecule has 0 saturated heterocycles. The van der Waals surface area contributed by atoms with E-state index >= 15 is 0 Å². The second kappa shape index (κ2) is 9.82. The van der Waals surface area contributed by atoms with E-state index in [1.807, 2.05) is 0 Å². The fourth-order valence-corrected chi connectivity index (χ4v) is 4.01. The van der Waals surface area contributed by atoms with Crippen LogP contribution >= 0.6 is 11.8 Å². The third-order valence-electron chi connectivity index (χ3n) is 4.54. The minimum absolute atomic E-state index is 0.451. The molecule has 0 fully saturated rings. The normalized spacial score (nSPS) is 12.1. The predicted octanol–water partition coefficient (Wildman–Crippen LogP) is 7.06. The van der Waals surface area contributed by atoms with E-state index in [0.29, 0.717) is 11.8 Å². The van der Waals surface area contributed by atoms with E-state index in [2.05, 4.69) is 95.0 Å². The van der Waals surface area contributed by atoms with Crippen LogP contribution in [0.1, 0.15) is 64.5 Å². The van der Waals surface area contributed by atoms with Crippen LogP contribution in [-0.2, 0) is 0 Å². The van der Waals surface area contributed by atoms with Gasteiger partial charge in [0, 0.05) is 18.0 Å². The topological polar surface area (TPSA) is 15.6 Å². The van der Waals surface area contributed by atoms with E-state index in [-0.39, 0.29) is 0 Å². The Balaban J connectivity index is 2.58. The fraction of sp³-hybridized carbons (Fsp3) is 0.435. The summed E-state index contributed by atoms with van der Waals surface area (Å²) in [5.74, 6) is 0.902. The first-order chi connectivity index (χ1) is 12.5. The molecule has 0 aliphatic rings. The number of hydrogen-bond donors (Lipinski definition) is 0. The minimum Gasteiger partial charge on any atom is -0.351 e. The van der Waals surface area contributed by atoms with Crippen LogP contribution in [-0.4, -0.2) is 23.2 Å². The molecule has 0 aliphatic carbocycles. The molecule has 0 radical (unpaired) electrons. The number of benzene rings is 2. The molecule has 2 aromatic carbocycles. The highest BCUT2D eigenvalue weighted by atomic mass is 32.2. The first-order valence-electron chi connectivity index (χ1n) is 9.67. The largest absolute Gasteiger partial charge is 0.351 e. The molecule has 26 heavy (non-hydrogen) atoms. The number of aliphatic imine (C=N–C) groups is 1. The van der Waals surface area contributed by atoms with Crippen LogP contribution < -0.4 is 0 Å².